The van der Waals surface area contributed by atoms with Crippen molar-refractivity contribution >= 4 is 28.9 Å². The molecule has 1 aromatic heterocycles. The molecular formula is C12H14N2O3S. The van der Waals surface area contributed by atoms with E-state index in [4.69, 9.17) is 0 Å². The predicted molar refractivity (Wildman–Crippen MR) is 66.9 cm³/mol. The first-order valence-corrected chi connectivity index (χ1v) is 6.70. The Balaban J connectivity index is 1.65. The molecular weight excluding hydrogens is 252 g/mol. The Labute approximate surface area is 109 Å². The van der Waals surface area contributed by atoms with Crippen molar-refractivity contribution in [1.29, 1.82) is 0 Å². The van der Waals surface area contributed by atoms with Crippen molar-refractivity contribution in [3.63, 3.8) is 0 Å². The first-order valence-electron chi connectivity index (χ1n) is 5.82. The van der Waals surface area contributed by atoms with Gasteiger partial charge in [-0.25, -0.2) is 0 Å². The number of thiophene rings is 1. The average Bonchev–Trinajstić information content (AvgIpc) is 3.08. The van der Waals surface area contributed by atoms with Gasteiger partial charge in [-0.3, -0.25) is 25.2 Å². The predicted octanol–water partition coefficient (Wildman–Crippen LogP) is 1.27. The highest BCUT2D eigenvalue weighted by molar-refractivity contribution is 7.12. The molecule has 0 unspecified atom stereocenters. The topological polar surface area (TPSA) is 75.3 Å². The molecule has 1 heterocycles. The fourth-order valence-electron chi connectivity index (χ4n) is 1.43. The molecule has 0 spiro atoms. The van der Waals surface area contributed by atoms with Gasteiger partial charge in [-0.05, 0) is 24.3 Å². The Kier molecular flexibility index (Phi) is 4.09. The van der Waals surface area contributed by atoms with Gasteiger partial charge in [0.25, 0.3) is 0 Å². The molecule has 5 nitrogen and oxygen atoms in total. The third-order valence-electron chi connectivity index (χ3n) is 2.65. The van der Waals surface area contributed by atoms with E-state index in [-0.39, 0.29) is 36.4 Å². The summed E-state index contributed by atoms with van der Waals surface area (Å²) in [5.41, 5.74) is 4.67. The maximum atomic E-state index is 11.6. The smallest absolute Gasteiger partial charge is 0.241 e. The van der Waals surface area contributed by atoms with Crippen LogP contribution in [-0.4, -0.2) is 17.6 Å². The molecule has 2 N–H and O–H groups in total. The van der Waals surface area contributed by atoms with Gasteiger partial charge >= 0.3 is 0 Å². The van der Waals surface area contributed by atoms with Gasteiger partial charge in [0.05, 0.1) is 4.88 Å². The molecule has 2 amide bonds. The lowest BCUT2D eigenvalue weighted by Gasteiger charge is -2.05. The van der Waals surface area contributed by atoms with Crippen LogP contribution in [0, 0.1) is 5.92 Å². The Bertz CT molecular complexity index is 452. The van der Waals surface area contributed by atoms with Crippen molar-refractivity contribution in [3.05, 3.63) is 22.4 Å². The van der Waals surface area contributed by atoms with Gasteiger partial charge < -0.3 is 0 Å². The summed E-state index contributed by atoms with van der Waals surface area (Å²) in [4.78, 5) is 34.9. The molecule has 1 fully saturated rings. The van der Waals surface area contributed by atoms with E-state index in [1.165, 1.54) is 11.3 Å². The molecule has 2 rings (SSSR count). The Morgan fingerprint density at radius 2 is 2.00 bits per heavy atom. The van der Waals surface area contributed by atoms with E-state index in [0.717, 1.165) is 12.8 Å². The van der Waals surface area contributed by atoms with Gasteiger partial charge in [-0.1, -0.05) is 6.07 Å². The molecule has 0 radical (unpaired) electrons. The summed E-state index contributed by atoms with van der Waals surface area (Å²) >= 11 is 1.36. The zero-order valence-electron chi connectivity index (χ0n) is 9.77. The SMILES string of the molecule is O=C(CCC(=O)c1cccs1)NNC(=O)C1CC1. The largest absolute Gasteiger partial charge is 0.293 e. The second kappa shape index (κ2) is 5.77. The van der Waals surface area contributed by atoms with Crippen molar-refractivity contribution in [2.45, 2.75) is 25.7 Å². The third-order valence-corrected chi connectivity index (χ3v) is 3.56. The fourth-order valence-corrected chi connectivity index (χ4v) is 2.12. The quantitative estimate of drug-likeness (QED) is 0.622. The van der Waals surface area contributed by atoms with Gasteiger partial charge in [-0.15, -0.1) is 11.3 Å². The van der Waals surface area contributed by atoms with Crippen LogP contribution >= 0.6 is 11.3 Å². The lowest BCUT2D eigenvalue weighted by molar-refractivity contribution is -0.129. The van der Waals surface area contributed by atoms with E-state index in [1.807, 2.05) is 5.38 Å². The van der Waals surface area contributed by atoms with Crippen molar-refractivity contribution in [2.75, 3.05) is 0 Å². The number of amides is 2. The van der Waals surface area contributed by atoms with Crippen LogP contribution in [0.4, 0.5) is 0 Å². The number of hydrazine groups is 1. The van der Waals surface area contributed by atoms with Crippen molar-refractivity contribution < 1.29 is 14.4 Å². The molecule has 1 aliphatic rings. The monoisotopic (exact) mass is 266 g/mol. The van der Waals surface area contributed by atoms with E-state index in [2.05, 4.69) is 10.9 Å². The molecule has 1 aromatic rings. The Hall–Kier alpha value is -1.69. The number of nitrogens with one attached hydrogen (secondary N) is 2. The van der Waals surface area contributed by atoms with Crippen molar-refractivity contribution in [1.82, 2.24) is 10.9 Å². The first kappa shape index (κ1) is 12.8. The van der Waals surface area contributed by atoms with Crippen LogP contribution < -0.4 is 10.9 Å². The normalized spacial score (nSPS) is 14.0. The molecule has 1 saturated carbocycles. The number of carbonyl (C=O) groups is 3. The molecule has 0 bridgehead atoms. The van der Waals surface area contributed by atoms with Gasteiger partial charge in [0.15, 0.2) is 5.78 Å². The lowest BCUT2D eigenvalue weighted by Crippen LogP contribution is -2.42. The molecule has 0 atom stereocenters. The Morgan fingerprint density at radius 3 is 2.61 bits per heavy atom. The highest BCUT2D eigenvalue weighted by atomic mass is 32.1. The van der Waals surface area contributed by atoms with Crippen LogP contribution in [-0.2, 0) is 9.59 Å². The summed E-state index contributed by atoms with van der Waals surface area (Å²) in [6.07, 6.45) is 2.02. The second-order valence-electron chi connectivity index (χ2n) is 4.21. The van der Waals surface area contributed by atoms with Crippen LogP contribution in [0.25, 0.3) is 0 Å². The number of hydrogen-bond donors (Lipinski definition) is 2. The lowest BCUT2D eigenvalue weighted by atomic mass is 10.2. The molecule has 0 aliphatic heterocycles. The van der Waals surface area contributed by atoms with Crippen molar-refractivity contribution in [3.8, 4) is 0 Å². The van der Waals surface area contributed by atoms with Gasteiger partial charge in [0.2, 0.25) is 11.8 Å². The van der Waals surface area contributed by atoms with E-state index in [9.17, 15) is 14.4 Å². The average molecular weight is 266 g/mol. The minimum absolute atomic E-state index is 0.0475. The van der Waals surface area contributed by atoms with Gasteiger partial charge in [0, 0.05) is 18.8 Å². The third kappa shape index (κ3) is 3.66. The van der Waals surface area contributed by atoms with Crippen LogP contribution in [0.3, 0.4) is 0 Å². The number of carbonyl (C=O) groups excluding carboxylic acids is 3. The zero-order valence-corrected chi connectivity index (χ0v) is 10.6. The van der Waals surface area contributed by atoms with E-state index in [1.54, 1.807) is 12.1 Å². The molecule has 6 heteroatoms. The number of ketones is 1. The number of hydrogen-bond acceptors (Lipinski definition) is 4. The summed E-state index contributed by atoms with van der Waals surface area (Å²) < 4.78 is 0. The highest BCUT2D eigenvalue weighted by Gasteiger charge is 2.29. The van der Waals surface area contributed by atoms with Crippen molar-refractivity contribution in [2.24, 2.45) is 5.92 Å². The van der Waals surface area contributed by atoms with E-state index < -0.39 is 0 Å². The second-order valence-corrected chi connectivity index (χ2v) is 5.16. The van der Waals surface area contributed by atoms with Crippen LogP contribution in [0.1, 0.15) is 35.4 Å². The standard InChI is InChI=1S/C12H14N2O3S/c15-9(10-2-1-7-18-10)5-6-11(16)13-14-12(17)8-3-4-8/h1-2,7-8H,3-6H2,(H,13,16)(H,14,17). The highest BCUT2D eigenvalue weighted by Crippen LogP contribution is 2.28. The van der Waals surface area contributed by atoms with E-state index >= 15 is 0 Å². The molecule has 1 aliphatic carbocycles. The summed E-state index contributed by atoms with van der Waals surface area (Å²) in [6.45, 7) is 0. The molecule has 18 heavy (non-hydrogen) atoms. The molecule has 0 saturated heterocycles. The van der Waals surface area contributed by atoms with Gasteiger partial charge in [-0.2, -0.15) is 0 Å². The van der Waals surface area contributed by atoms with Gasteiger partial charge in [0.1, 0.15) is 0 Å². The summed E-state index contributed by atoms with van der Waals surface area (Å²) in [7, 11) is 0. The summed E-state index contributed by atoms with van der Waals surface area (Å²) in [6, 6.07) is 3.54. The Morgan fingerprint density at radius 1 is 1.22 bits per heavy atom. The van der Waals surface area contributed by atoms with Crippen LogP contribution in [0.5, 0.6) is 0 Å². The fraction of sp³-hybridized carbons (Fsp3) is 0.417. The maximum Gasteiger partial charge on any atom is 0.241 e. The summed E-state index contributed by atoms with van der Waals surface area (Å²) in [5, 5.41) is 1.82. The maximum absolute atomic E-state index is 11.6. The minimum Gasteiger partial charge on any atom is -0.293 e. The van der Waals surface area contributed by atoms with Crippen LogP contribution in [0.2, 0.25) is 0 Å². The molecule has 96 valence electrons. The van der Waals surface area contributed by atoms with Crippen LogP contribution in [0.15, 0.2) is 17.5 Å². The number of Topliss-reactive ketones (excluding diaryl/α,β-unsaturated/α-hetero) is 1. The minimum atomic E-state index is -0.339. The van der Waals surface area contributed by atoms with E-state index in [0.29, 0.717) is 4.88 Å². The zero-order chi connectivity index (χ0) is 13.0. The first-order chi connectivity index (χ1) is 8.66. The summed E-state index contributed by atoms with van der Waals surface area (Å²) in [5.74, 6) is -0.478. The number of rotatable bonds is 5. The molecule has 0 aromatic carbocycles.